The quantitative estimate of drug-likeness (QED) is 0.0935. The van der Waals surface area contributed by atoms with E-state index >= 15 is 0 Å². The topological polar surface area (TPSA) is 102 Å². The number of carboxylic acids is 1. The monoisotopic (exact) mass is 652 g/mol. The van der Waals surface area contributed by atoms with Crippen LogP contribution in [0.4, 0.5) is 0 Å². The van der Waals surface area contributed by atoms with E-state index in [-0.39, 0.29) is 5.88 Å². The Morgan fingerprint density at radius 3 is 1.93 bits per heavy atom. The maximum Gasteiger partial charge on any atom is 0.329 e. The highest BCUT2D eigenvalue weighted by Crippen LogP contribution is 2.33. The number of aromatic nitrogens is 2. The molecule has 0 aliphatic carbocycles. The number of unbranched alkanes of at least 4 members (excludes halogenated alkanes) is 13. The Hall–Kier alpha value is -3.13. The van der Waals surface area contributed by atoms with E-state index in [9.17, 15) is 19.8 Å². The average Bonchev–Trinajstić information content (AvgIpc) is 3.34. The van der Waals surface area contributed by atoms with Crippen molar-refractivity contribution < 1.29 is 19.7 Å². The first-order chi connectivity index (χ1) is 22.3. The van der Waals surface area contributed by atoms with E-state index in [1.807, 2.05) is 36.5 Å². The number of nitrogens with zero attached hydrogens (tertiary/aromatic N) is 2. The molecule has 46 heavy (non-hydrogen) atoms. The molecule has 0 bridgehead atoms. The van der Waals surface area contributed by atoms with Crippen LogP contribution in [0.25, 0.3) is 0 Å². The van der Waals surface area contributed by atoms with Crippen LogP contribution in [0.3, 0.4) is 0 Å². The van der Waals surface area contributed by atoms with Crippen LogP contribution in [0, 0.1) is 0 Å². The van der Waals surface area contributed by atoms with Gasteiger partial charge in [-0.3, -0.25) is 14.3 Å². The number of carboxylic acid groups (broad SMARTS) is 1. The van der Waals surface area contributed by atoms with Crippen LogP contribution in [0.15, 0.2) is 47.4 Å². The Morgan fingerprint density at radius 1 is 0.848 bits per heavy atom. The minimum absolute atomic E-state index is 0.243. The van der Waals surface area contributed by atoms with Crippen molar-refractivity contribution >= 4 is 17.3 Å². The number of thiazole rings is 1. The van der Waals surface area contributed by atoms with Crippen molar-refractivity contribution in [2.75, 3.05) is 6.61 Å². The molecule has 1 aromatic carbocycles. The van der Waals surface area contributed by atoms with Gasteiger partial charge in [-0.05, 0) is 49.1 Å². The second kappa shape index (κ2) is 20.2. The summed E-state index contributed by atoms with van der Waals surface area (Å²) in [5.41, 5.74) is 1.61. The Kier molecular flexibility index (Phi) is 16.4. The van der Waals surface area contributed by atoms with Gasteiger partial charge in [0.2, 0.25) is 5.88 Å². The fraction of sp³-hybridized carbons (Fsp3) is 0.605. The van der Waals surface area contributed by atoms with Crippen LogP contribution >= 0.6 is 11.3 Å². The fourth-order valence-corrected chi connectivity index (χ4v) is 6.92. The Balaban J connectivity index is 1.43. The molecule has 0 aliphatic heterocycles. The highest BCUT2D eigenvalue weighted by Gasteiger charge is 2.39. The molecule has 1 unspecified atom stereocenters. The van der Waals surface area contributed by atoms with Crippen molar-refractivity contribution in [2.45, 2.75) is 142 Å². The van der Waals surface area contributed by atoms with Gasteiger partial charge in [0.15, 0.2) is 0 Å². The molecule has 0 amide bonds. The molecular weight excluding hydrogens is 596 g/mol. The highest BCUT2D eigenvalue weighted by molar-refractivity contribution is 7.09. The third-order valence-corrected chi connectivity index (χ3v) is 9.97. The lowest BCUT2D eigenvalue weighted by molar-refractivity contribution is -0.147. The van der Waals surface area contributed by atoms with Crippen molar-refractivity contribution in [2.24, 2.45) is 0 Å². The minimum atomic E-state index is -1.49. The van der Waals surface area contributed by atoms with E-state index in [2.05, 4.69) is 24.9 Å². The number of pyridine rings is 1. The average molecular weight is 653 g/mol. The van der Waals surface area contributed by atoms with Gasteiger partial charge in [0.25, 0.3) is 0 Å². The summed E-state index contributed by atoms with van der Waals surface area (Å²) < 4.78 is 6.98. The molecular formula is C38H56N2O5S. The van der Waals surface area contributed by atoms with E-state index in [0.717, 1.165) is 58.6 Å². The number of rotatable bonds is 24. The minimum Gasteiger partial charge on any atom is -0.494 e. The lowest BCUT2D eigenvalue weighted by atomic mass is 9.93. The maximum atomic E-state index is 13.0. The molecule has 0 saturated carbocycles. The van der Waals surface area contributed by atoms with E-state index in [4.69, 9.17) is 4.74 Å². The fourth-order valence-electron chi connectivity index (χ4n) is 5.91. The summed E-state index contributed by atoms with van der Waals surface area (Å²) in [5, 5.41) is 21.2. The summed E-state index contributed by atoms with van der Waals surface area (Å²) in [6, 6.07) is 11.7. The number of hydrogen-bond acceptors (Lipinski definition) is 6. The zero-order valence-corrected chi connectivity index (χ0v) is 29.2. The number of aromatic hydroxyl groups is 1. The van der Waals surface area contributed by atoms with Crippen LogP contribution in [-0.2, 0) is 29.6 Å². The number of ether oxygens (including phenoxy) is 1. The Bertz CT molecular complexity index is 1350. The lowest BCUT2D eigenvalue weighted by Gasteiger charge is -2.26. The molecule has 2 heterocycles. The van der Waals surface area contributed by atoms with Crippen LogP contribution in [0.1, 0.15) is 139 Å². The van der Waals surface area contributed by atoms with Gasteiger partial charge >= 0.3 is 10.8 Å². The number of aryl methyl sites for hydroxylation is 1. The van der Waals surface area contributed by atoms with Gasteiger partial charge in [-0.15, -0.1) is 0 Å². The van der Waals surface area contributed by atoms with Crippen molar-refractivity contribution in [3.8, 4) is 11.6 Å². The summed E-state index contributed by atoms with van der Waals surface area (Å²) in [4.78, 5) is 29.9. The Labute approximate surface area is 280 Å². The molecule has 7 nitrogen and oxygen atoms in total. The number of carbonyl (C=O) groups is 1. The van der Waals surface area contributed by atoms with E-state index in [0.29, 0.717) is 37.2 Å². The first-order valence-electron chi connectivity index (χ1n) is 17.6. The summed E-state index contributed by atoms with van der Waals surface area (Å²) in [6.07, 6.45) is 21.3. The molecule has 3 aromatic rings. The van der Waals surface area contributed by atoms with Gasteiger partial charge in [0.1, 0.15) is 11.3 Å². The smallest absolute Gasteiger partial charge is 0.329 e. The standard InChI is InChI=1S/C38H56N2O5S/c1-4-6-7-8-9-10-11-12-13-14-15-16-17-18-26-38(3,36(42)43)40-35(41)34(46-37(40)44)28-31-20-23-33(24-21-31)45-27-25-32-22-19-30(5-2)29-39-32/h19-24,29,41H,4-18,25-28H2,1-3H3,(H,42,43). The van der Waals surface area contributed by atoms with Gasteiger partial charge in [-0.1, -0.05) is 133 Å². The van der Waals surface area contributed by atoms with E-state index < -0.39 is 16.4 Å². The van der Waals surface area contributed by atoms with Crippen molar-refractivity contribution in [3.63, 3.8) is 0 Å². The summed E-state index contributed by atoms with van der Waals surface area (Å²) in [6.45, 7) is 6.42. The molecule has 0 radical (unpaired) electrons. The molecule has 0 fully saturated rings. The van der Waals surface area contributed by atoms with E-state index in [1.165, 1.54) is 69.8 Å². The van der Waals surface area contributed by atoms with Gasteiger partial charge in [0, 0.05) is 24.7 Å². The molecule has 2 N–H and O–H groups in total. The lowest BCUT2D eigenvalue weighted by Crippen LogP contribution is -2.43. The second-order valence-corrected chi connectivity index (χ2v) is 13.9. The summed E-state index contributed by atoms with van der Waals surface area (Å²) >= 11 is 0.917. The van der Waals surface area contributed by atoms with Gasteiger partial charge < -0.3 is 14.9 Å². The molecule has 0 aliphatic rings. The first kappa shape index (κ1) is 37.3. The molecule has 3 rings (SSSR count). The van der Waals surface area contributed by atoms with Crippen LogP contribution in [0.5, 0.6) is 11.6 Å². The maximum absolute atomic E-state index is 13.0. The predicted molar refractivity (Wildman–Crippen MR) is 189 cm³/mol. The van der Waals surface area contributed by atoms with E-state index in [1.54, 1.807) is 6.92 Å². The summed E-state index contributed by atoms with van der Waals surface area (Å²) in [5.74, 6) is -0.607. The van der Waals surface area contributed by atoms with Gasteiger partial charge in [-0.25, -0.2) is 4.79 Å². The molecule has 1 atom stereocenters. The Morgan fingerprint density at radius 2 is 1.41 bits per heavy atom. The number of hydrogen-bond donors (Lipinski definition) is 2. The highest BCUT2D eigenvalue weighted by atomic mass is 32.1. The van der Waals surface area contributed by atoms with Gasteiger partial charge in [0.05, 0.1) is 11.5 Å². The molecule has 254 valence electrons. The third kappa shape index (κ3) is 11.9. The van der Waals surface area contributed by atoms with Crippen LogP contribution in [-0.4, -0.2) is 32.3 Å². The SMILES string of the molecule is CCCCCCCCCCCCCCCCC(C)(C(=O)O)n1c(O)c(Cc2ccc(OCCc3ccc(CC)cn3)cc2)sc1=O. The van der Waals surface area contributed by atoms with Crippen LogP contribution in [0.2, 0.25) is 0 Å². The summed E-state index contributed by atoms with van der Waals surface area (Å²) in [7, 11) is 0. The molecule has 0 spiro atoms. The predicted octanol–water partition coefficient (Wildman–Crippen LogP) is 9.46. The normalized spacial score (nSPS) is 12.7. The van der Waals surface area contributed by atoms with Crippen LogP contribution < -0.4 is 9.61 Å². The van der Waals surface area contributed by atoms with Gasteiger partial charge in [-0.2, -0.15) is 0 Å². The van der Waals surface area contributed by atoms with Crippen molar-refractivity contribution in [1.82, 2.24) is 9.55 Å². The molecule has 0 saturated heterocycles. The zero-order chi connectivity index (χ0) is 33.2. The number of aliphatic carboxylic acids is 1. The molecule has 2 aromatic heterocycles. The van der Waals surface area contributed by atoms with Crippen molar-refractivity contribution in [1.29, 1.82) is 0 Å². The number of benzene rings is 1. The van der Waals surface area contributed by atoms with Crippen molar-refractivity contribution in [3.05, 3.63) is 74.0 Å². The third-order valence-electron chi connectivity index (χ3n) is 9.03. The zero-order valence-electron chi connectivity index (χ0n) is 28.4. The molecule has 8 heteroatoms. The second-order valence-electron chi connectivity index (χ2n) is 12.8. The first-order valence-corrected chi connectivity index (χ1v) is 18.4. The largest absolute Gasteiger partial charge is 0.494 e.